The van der Waals surface area contributed by atoms with Gasteiger partial charge in [0.05, 0.1) is 17.2 Å². The van der Waals surface area contributed by atoms with Crippen molar-refractivity contribution in [1.82, 2.24) is 20.1 Å². The van der Waals surface area contributed by atoms with Gasteiger partial charge in [-0.25, -0.2) is 0 Å². The Balaban J connectivity index is 1.89. The first-order valence-corrected chi connectivity index (χ1v) is 12.3. The number of rotatable bonds is 9. The number of carbonyl (C=O) groups is 1. The van der Waals surface area contributed by atoms with Crippen LogP contribution in [0, 0.1) is 24.7 Å². The summed E-state index contributed by atoms with van der Waals surface area (Å²) in [6.07, 6.45) is 0.639. The highest BCUT2D eigenvalue weighted by molar-refractivity contribution is 5.95. The predicted molar refractivity (Wildman–Crippen MR) is 125 cm³/mol. The van der Waals surface area contributed by atoms with Crippen molar-refractivity contribution in [3.8, 4) is 17.0 Å². The number of carbonyl (C=O) groups excluding carboxylic acids is 1. The highest BCUT2D eigenvalue weighted by Gasteiger charge is 2.36. The fourth-order valence-corrected chi connectivity index (χ4v) is 4.58. The summed E-state index contributed by atoms with van der Waals surface area (Å²) < 4.78 is 71.5. The summed E-state index contributed by atoms with van der Waals surface area (Å²) in [4.78, 5) is 17.0. The van der Waals surface area contributed by atoms with Crippen LogP contribution in [0.3, 0.4) is 0 Å². The average Bonchev–Trinajstić information content (AvgIpc) is 3.14. The molecule has 11 heteroatoms. The normalized spacial score (nSPS) is 19.4. The lowest BCUT2D eigenvalue weighted by Gasteiger charge is -2.26. The molecule has 1 aliphatic rings. The van der Waals surface area contributed by atoms with Crippen LogP contribution in [0.4, 0.5) is 22.0 Å². The van der Waals surface area contributed by atoms with Gasteiger partial charge in [-0.1, -0.05) is 26.7 Å². The number of pyridine rings is 1. The van der Waals surface area contributed by atoms with Gasteiger partial charge in [0.2, 0.25) is 0 Å². The number of nitrogens with zero attached hydrogens (tertiary/aromatic N) is 3. The largest absolute Gasteiger partial charge is 0.434 e. The average molecular weight is 517 g/mol. The molecule has 0 aliphatic heterocycles. The van der Waals surface area contributed by atoms with Crippen molar-refractivity contribution < 1.29 is 31.5 Å². The van der Waals surface area contributed by atoms with E-state index in [1.54, 1.807) is 13.8 Å². The third kappa shape index (κ3) is 6.73. The number of hydrogen-bond donors (Lipinski definition) is 1. The van der Waals surface area contributed by atoms with Crippen LogP contribution in [0.15, 0.2) is 12.3 Å². The zero-order valence-corrected chi connectivity index (χ0v) is 21.0. The molecule has 1 amide bonds. The van der Waals surface area contributed by atoms with Gasteiger partial charge < -0.3 is 10.1 Å². The third-order valence-corrected chi connectivity index (χ3v) is 6.86. The predicted octanol–water partition coefficient (Wildman–Crippen LogP) is 6.17. The van der Waals surface area contributed by atoms with Crippen molar-refractivity contribution in [2.75, 3.05) is 6.54 Å². The molecule has 0 radical (unpaired) electrons. The number of halogens is 5. The highest BCUT2D eigenvalue weighted by Crippen LogP contribution is 2.36. The van der Waals surface area contributed by atoms with Crippen molar-refractivity contribution in [2.24, 2.45) is 17.8 Å². The van der Waals surface area contributed by atoms with Crippen LogP contribution in [0.25, 0.3) is 11.3 Å². The Labute approximate surface area is 207 Å². The summed E-state index contributed by atoms with van der Waals surface area (Å²) in [6.45, 7) is 4.31. The third-order valence-electron chi connectivity index (χ3n) is 6.86. The number of aromatic nitrogens is 3. The van der Waals surface area contributed by atoms with Crippen LogP contribution < -0.4 is 10.1 Å². The Morgan fingerprint density at radius 2 is 1.92 bits per heavy atom. The van der Waals surface area contributed by atoms with Crippen LogP contribution >= 0.6 is 0 Å². The van der Waals surface area contributed by atoms with E-state index in [1.807, 2.05) is 0 Å². The van der Waals surface area contributed by atoms with E-state index in [1.165, 1.54) is 10.9 Å². The Bertz CT molecular complexity index is 1050. The van der Waals surface area contributed by atoms with Gasteiger partial charge in [0.15, 0.2) is 5.69 Å². The molecule has 2 aromatic rings. The molecule has 0 spiro atoms. The first kappa shape index (κ1) is 27.9. The molecule has 1 atom stereocenters. The van der Waals surface area contributed by atoms with E-state index in [0.29, 0.717) is 36.2 Å². The van der Waals surface area contributed by atoms with Gasteiger partial charge in [0.25, 0.3) is 5.91 Å². The van der Waals surface area contributed by atoms with Gasteiger partial charge in [0.1, 0.15) is 5.75 Å². The fraction of sp³-hybridized carbons (Fsp3) is 0.640. The van der Waals surface area contributed by atoms with Gasteiger partial charge in [-0.15, -0.1) is 0 Å². The number of hydrogen-bond acceptors (Lipinski definition) is 4. The maximum atomic E-state index is 13.2. The zero-order valence-electron chi connectivity index (χ0n) is 21.0. The summed E-state index contributed by atoms with van der Waals surface area (Å²) >= 11 is 0. The van der Waals surface area contributed by atoms with Gasteiger partial charge in [-0.05, 0) is 38.5 Å². The maximum absolute atomic E-state index is 13.2. The second-order valence-corrected chi connectivity index (χ2v) is 9.67. The quantitative estimate of drug-likeness (QED) is 0.405. The second kappa shape index (κ2) is 11.6. The van der Waals surface area contributed by atoms with Gasteiger partial charge in [-0.2, -0.15) is 27.1 Å². The molecule has 0 unspecified atom stereocenters. The van der Waals surface area contributed by atoms with Crippen LogP contribution in [0.1, 0.15) is 68.2 Å². The molecule has 1 N–H and O–H groups in total. The van der Waals surface area contributed by atoms with Crippen LogP contribution in [-0.2, 0) is 13.0 Å². The Hall–Kier alpha value is -2.72. The summed E-state index contributed by atoms with van der Waals surface area (Å²) in [5.74, 6) is -1.28. The van der Waals surface area contributed by atoms with Crippen LogP contribution in [-0.4, -0.2) is 40.0 Å². The summed E-state index contributed by atoms with van der Waals surface area (Å²) in [7, 11) is 0. The molecule has 6 nitrogen and oxygen atoms in total. The van der Waals surface area contributed by atoms with Crippen molar-refractivity contribution >= 4 is 5.91 Å². The molecule has 0 saturated heterocycles. The first-order valence-electron chi connectivity index (χ1n) is 12.3. The lowest BCUT2D eigenvalue weighted by molar-refractivity contribution is -0.169. The topological polar surface area (TPSA) is 69.0 Å². The number of amides is 1. The molecule has 1 saturated carbocycles. The molecule has 1 fully saturated rings. The van der Waals surface area contributed by atoms with Crippen molar-refractivity contribution in [3.63, 3.8) is 0 Å². The number of alkyl halides is 5. The molecule has 1 aliphatic carbocycles. The second-order valence-electron chi connectivity index (χ2n) is 9.67. The van der Waals surface area contributed by atoms with E-state index < -0.39 is 25.1 Å². The monoisotopic (exact) mass is 516 g/mol. The van der Waals surface area contributed by atoms with Crippen molar-refractivity contribution in [3.05, 3.63) is 29.2 Å². The van der Waals surface area contributed by atoms with Gasteiger partial charge in [0, 0.05) is 43.0 Å². The standard InChI is InChI=1S/C25H33F5N4O2/c1-5-34-22(16(4)21(33-34)23(35)32-12-17-8-6-14(2)7-9-17)19-13-31-18(10-15(3)25(28,29)30)11-20(19)36-24(26)27/h11,13-15,17,24H,5-10,12H2,1-4H3,(H,32,35)/t14?,15-,17?/m0/s1. The van der Waals surface area contributed by atoms with E-state index in [9.17, 15) is 26.7 Å². The van der Waals surface area contributed by atoms with E-state index >= 15 is 0 Å². The van der Waals surface area contributed by atoms with E-state index in [4.69, 9.17) is 0 Å². The Morgan fingerprint density at radius 3 is 2.50 bits per heavy atom. The van der Waals surface area contributed by atoms with Crippen molar-refractivity contribution in [2.45, 2.75) is 79.1 Å². The highest BCUT2D eigenvalue weighted by atomic mass is 19.4. The molecule has 2 aromatic heterocycles. The van der Waals surface area contributed by atoms with Crippen molar-refractivity contribution in [1.29, 1.82) is 0 Å². The minimum atomic E-state index is -4.44. The summed E-state index contributed by atoms with van der Waals surface area (Å²) in [5.41, 5.74) is 1.07. The van der Waals surface area contributed by atoms with Crippen LogP contribution in [0.5, 0.6) is 5.75 Å². The van der Waals surface area contributed by atoms with E-state index in [-0.39, 0.29) is 28.6 Å². The molecule has 2 heterocycles. The van der Waals surface area contributed by atoms with E-state index in [0.717, 1.165) is 38.7 Å². The molecule has 36 heavy (non-hydrogen) atoms. The zero-order chi connectivity index (χ0) is 26.6. The SMILES string of the molecule is CCn1nc(C(=O)NCC2CCC(C)CC2)c(C)c1-c1cnc(C[C@H](C)C(F)(F)F)cc1OC(F)F. The summed E-state index contributed by atoms with van der Waals surface area (Å²) in [5, 5.41) is 7.33. The summed E-state index contributed by atoms with van der Waals surface area (Å²) in [6, 6.07) is 1.10. The van der Waals surface area contributed by atoms with Gasteiger partial charge >= 0.3 is 12.8 Å². The van der Waals surface area contributed by atoms with Crippen LogP contribution in [0.2, 0.25) is 0 Å². The number of aryl methyl sites for hydroxylation is 1. The maximum Gasteiger partial charge on any atom is 0.391 e. The minimum Gasteiger partial charge on any atom is -0.434 e. The molecular formula is C25H33F5N4O2. The molecular weight excluding hydrogens is 483 g/mol. The number of ether oxygens (including phenoxy) is 1. The molecule has 3 rings (SSSR count). The van der Waals surface area contributed by atoms with Gasteiger partial charge in [-0.3, -0.25) is 14.5 Å². The Morgan fingerprint density at radius 1 is 1.25 bits per heavy atom. The number of nitrogens with one attached hydrogen (secondary N) is 1. The molecule has 0 bridgehead atoms. The smallest absolute Gasteiger partial charge is 0.391 e. The Kier molecular flexibility index (Phi) is 8.94. The molecule has 200 valence electrons. The molecule has 0 aromatic carbocycles. The van der Waals surface area contributed by atoms with E-state index in [2.05, 4.69) is 27.1 Å². The lowest BCUT2D eigenvalue weighted by Crippen LogP contribution is -2.31. The fourth-order valence-electron chi connectivity index (χ4n) is 4.58. The lowest BCUT2D eigenvalue weighted by atomic mass is 9.83. The minimum absolute atomic E-state index is 0.0285. The first-order chi connectivity index (χ1) is 16.9.